The number of nitrogens with zero attached hydrogens (tertiary/aromatic N) is 2. The number of benzene rings is 1. The van der Waals surface area contributed by atoms with Crippen molar-refractivity contribution in [1.29, 1.82) is 0 Å². The van der Waals surface area contributed by atoms with Crippen LogP contribution in [0.1, 0.15) is 17.7 Å². The van der Waals surface area contributed by atoms with Gasteiger partial charge in [0.15, 0.2) is 17.5 Å². The molecule has 25 heavy (non-hydrogen) atoms. The summed E-state index contributed by atoms with van der Waals surface area (Å²) >= 11 is 1.76. The summed E-state index contributed by atoms with van der Waals surface area (Å²) in [5, 5.41) is 5.46. The number of thiophene rings is 1. The predicted octanol–water partition coefficient (Wildman–Crippen LogP) is 4.19. The van der Waals surface area contributed by atoms with Crippen molar-refractivity contribution in [2.75, 3.05) is 33.8 Å². The highest BCUT2D eigenvalue weighted by Gasteiger charge is 2.10. The number of likely N-dealkylation sites (N-methyl/N-ethyl adjacent to an activating group) is 1. The molecule has 1 aromatic carbocycles. The van der Waals surface area contributed by atoms with Crippen LogP contribution in [0.2, 0.25) is 0 Å². The fourth-order valence-corrected chi connectivity index (χ4v) is 3.05. The number of rotatable bonds is 7. The SMILES string of the molecule is CN=C(NCC(C)c1cccs1)N(C)CCOc1ccccc1F.I. The first-order chi connectivity index (χ1) is 11.6. The standard InChI is InChI=1S/C18H24FN3OS.HI/c1-14(17-9-6-12-24-17)13-21-18(20-2)22(3)10-11-23-16-8-5-4-7-15(16)19;/h4-9,12,14H,10-11,13H2,1-3H3,(H,20,21);1H. The molecule has 0 aliphatic heterocycles. The van der Waals surface area contributed by atoms with Gasteiger partial charge in [0.2, 0.25) is 0 Å². The van der Waals surface area contributed by atoms with E-state index in [0.29, 0.717) is 19.1 Å². The number of hydrogen-bond donors (Lipinski definition) is 1. The van der Waals surface area contributed by atoms with Crippen LogP contribution in [0.25, 0.3) is 0 Å². The number of halogens is 2. The van der Waals surface area contributed by atoms with Crippen LogP contribution in [-0.4, -0.2) is 44.7 Å². The summed E-state index contributed by atoms with van der Waals surface area (Å²) in [6.07, 6.45) is 0. The molecule has 0 aliphatic carbocycles. The molecule has 2 aromatic rings. The lowest BCUT2D eigenvalue weighted by Crippen LogP contribution is -2.42. The molecule has 4 nitrogen and oxygen atoms in total. The second-order valence-electron chi connectivity index (χ2n) is 5.55. The summed E-state index contributed by atoms with van der Waals surface area (Å²) in [6.45, 7) is 4.00. The molecule has 0 saturated heterocycles. The Hall–Kier alpha value is -1.35. The molecule has 0 bridgehead atoms. The molecular weight excluding hydrogens is 452 g/mol. The van der Waals surface area contributed by atoms with Gasteiger partial charge in [-0.3, -0.25) is 4.99 Å². The quantitative estimate of drug-likeness (QED) is 0.369. The van der Waals surface area contributed by atoms with E-state index in [2.05, 4.69) is 34.7 Å². The topological polar surface area (TPSA) is 36.9 Å². The third-order valence-electron chi connectivity index (χ3n) is 3.69. The second kappa shape index (κ2) is 11.3. The molecule has 1 aromatic heterocycles. The summed E-state index contributed by atoms with van der Waals surface area (Å²) in [4.78, 5) is 7.61. The molecule has 0 amide bonds. The summed E-state index contributed by atoms with van der Waals surface area (Å²) < 4.78 is 19.0. The molecule has 1 unspecified atom stereocenters. The number of hydrogen-bond acceptors (Lipinski definition) is 3. The van der Waals surface area contributed by atoms with Crippen LogP contribution in [0, 0.1) is 5.82 Å². The number of nitrogens with one attached hydrogen (secondary N) is 1. The highest BCUT2D eigenvalue weighted by molar-refractivity contribution is 14.0. The molecule has 0 radical (unpaired) electrons. The Balaban J connectivity index is 0.00000312. The fourth-order valence-electron chi connectivity index (χ4n) is 2.26. The lowest BCUT2D eigenvalue weighted by atomic mass is 10.1. The van der Waals surface area contributed by atoms with Crippen LogP contribution in [0.15, 0.2) is 46.8 Å². The second-order valence-corrected chi connectivity index (χ2v) is 6.52. The molecule has 0 fully saturated rings. The predicted molar refractivity (Wildman–Crippen MR) is 114 cm³/mol. The van der Waals surface area contributed by atoms with Gasteiger partial charge in [-0.05, 0) is 23.6 Å². The van der Waals surface area contributed by atoms with E-state index in [-0.39, 0.29) is 35.5 Å². The van der Waals surface area contributed by atoms with Gasteiger partial charge in [0.1, 0.15) is 6.61 Å². The molecule has 0 saturated carbocycles. The summed E-state index contributed by atoms with van der Waals surface area (Å²) in [6, 6.07) is 10.6. The minimum atomic E-state index is -0.340. The summed E-state index contributed by atoms with van der Waals surface area (Å²) in [5.74, 6) is 1.16. The van der Waals surface area contributed by atoms with Crippen LogP contribution < -0.4 is 10.1 Å². The van der Waals surface area contributed by atoms with Gasteiger partial charge < -0.3 is 15.0 Å². The van der Waals surface area contributed by atoms with E-state index in [1.165, 1.54) is 10.9 Å². The van der Waals surface area contributed by atoms with Crippen molar-refractivity contribution >= 4 is 41.3 Å². The van der Waals surface area contributed by atoms with Crippen LogP contribution >= 0.6 is 35.3 Å². The van der Waals surface area contributed by atoms with Gasteiger partial charge >= 0.3 is 0 Å². The van der Waals surface area contributed by atoms with E-state index in [9.17, 15) is 4.39 Å². The maximum absolute atomic E-state index is 13.5. The molecule has 1 heterocycles. The maximum Gasteiger partial charge on any atom is 0.193 e. The Morgan fingerprint density at radius 3 is 2.72 bits per heavy atom. The van der Waals surface area contributed by atoms with Gasteiger partial charge in [0.05, 0.1) is 6.54 Å². The van der Waals surface area contributed by atoms with Gasteiger partial charge in [-0.25, -0.2) is 4.39 Å². The smallest absolute Gasteiger partial charge is 0.193 e. The molecule has 0 aliphatic rings. The van der Waals surface area contributed by atoms with Crippen molar-refractivity contribution in [2.24, 2.45) is 4.99 Å². The Morgan fingerprint density at radius 1 is 1.32 bits per heavy atom. The van der Waals surface area contributed by atoms with E-state index in [4.69, 9.17) is 4.74 Å². The largest absolute Gasteiger partial charge is 0.489 e. The number of aliphatic imine (C=N–C) groups is 1. The van der Waals surface area contributed by atoms with E-state index in [1.807, 2.05) is 11.9 Å². The van der Waals surface area contributed by atoms with Crippen LogP contribution in [0.4, 0.5) is 4.39 Å². The average molecular weight is 477 g/mol. The van der Waals surface area contributed by atoms with Crippen LogP contribution in [0.5, 0.6) is 5.75 Å². The maximum atomic E-state index is 13.5. The summed E-state index contributed by atoms with van der Waals surface area (Å²) in [5.41, 5.74) is 0. The third kappa shape index (κ3) is 6.81. The van der Waals surface area contributed by atoms with Crippen LogP contribution in [0.3, 0.4) is 0 Å². The number of guanidine groups is 1. The number of ether oxygens (including phenoxy) is 1. The monoisotopic (exact) mass is 477 g/mol. The van der Waals surface area contributed by atoms with Crippen LogP contribution in [-0.2, 0) is 0 Å². The van der Waals surface area contributed by atoms with Crippen molar-refractivity contribution in [2.45, 2.75) is 12.8 Å². The van der Waals surface area contributed by atoms with Gasteiger partial charge in [0.25, 0.3) is 0 Å². The molecule has 138 valence electrons. The Morgan fingerprint density at radius 2 is 2.08 bits per heavy atom. The Bertz CT molecular complexity index is 652. The van der Waals surface area contributed by atoms with Gasteiger partial charge in [-0.2, -0.15) is 0 Å². The Kier molecular flexibility index (Phi) is 9.81. The van der Waals surface area contributed by atoms with Crippen molar-refractivity contribution in [1.82, 2.24) is 10.2 Å². The molecule has 0 spiro atoms. The lowest BCUT2D eigenvalue weighted by Gasteiger charge is -2.23. The molecule has 1 atom stereocenters. The minimum absolute atomic E-state index is 0. The molecule has 2 rings (SSSR count). The lowest BCUT2D eigenvalue weighted by molar-refractivity contribution is 0.270. The van der Waals surface area contributed by atoms with Crippen molar-refractivity contribution in [3.8, 4) is 5.75 Å². The Labute approximate surface area is 170 Å². The molecular formula is C18H25FIN3OS. The van der Waals surface area contributed by atoms with Crippen molar-refractivity contribution in [3.05, 3.63) is 52.5 Å². The first-order valence-electron chi connectivity index (χ1n) is 7.94. The number of para-hydroxylation sites is 1. The zero-order valence-corrected chi connectivity index (χ0v) is 17.9. The normalized spacial score (nSPS) is 12.2. The third-order valence-corrected chi connectivity index (χ3v) is 4.79. The van der Waals surface area contributed by atoms with E-state index < -0.39 is 0 Å². The first-order valence-corrected chi connectivity index (χ1v) is 8.82. The zero-order chi connectivity index (χ0) is 17.4. The minimum Gasteiger partial charge on any atom is -0.489 e. The molecule has 1 N–H and O–H groups in total. The van der Waals surface area contributed by atoms with Crippen molar-refractivity contribution in [3.63, 3.8) is 0 Å². The summed E-state index contributed by atoms with van der Waals surface area (Å²) in [7, 11) is 3.70. The fraction of sp³-hybridized carbons (Fsp3) is 0.389. The van der Waals surface area contributed by atoms with Gasteiger partial charge in [-0.15, -0.1) is 35.3 Å². The van der Waals surface area contributed by atoms with E-state index in [1.54, 1.807) is 36.6 Å². The highest BCUT2D eigenvalue weighted by atomic mass is 127. The van der Waals surface area contributed by atoms with E-state index >= 15 is 0 Å². The van der Waals surface area contributed by atoms with E-state index in [0.717, 1.165) is 12.5 Å². The zero-order valence-electron chi connectivity index (χ0n) is 14.7. The van der Waals surface area contributed by atoms with Gasteiger partial charge in [0, 0.05) is 31.4 Å². The molecule has 7 heteroatoms. The van der Waals surface area contributed by atoms with Gasteiger partial charge in [-0.1, -0.05) is 25.1 Å². The highest BCUT2D eigenvalue weighted by Crippen LogP contribution is 2.19. The average Bonchev–Trinajstić information content (AvgIpc) is 3.11. The first kappa shape index (κ1) is 21.7. The van der Waals surface area contributed by atoms with Crippen molar-refractivity contribution < 1.29 is 9.13 Å².